The zero-order valence-corrected chi connectivity index (χ0v) is 26.3. The number of amides is 1. The molecule has 0 radical (unpaired) electrons. The number of rotatable bonds is 13. The van der Waals surface area contributed by atoms with Gasteiger partial charge in [-0.1, -0.05) is 36.4 Å². The van der Waals surface area contributed by atoms with Crippen LogP contribution in [0, 0.1) is 0 Å². The Kier molecular flexibility index (Phi) is 10.7. The van der Waals surface area contributed by atoms with E-state index in [0.29, 0.717) is 35.9 Å². The van der Waals surface area contributed by atoms with Gasteiger partial charge in [0, 0.05) is 31.7 Å². The molecule has 1 heterocycles. The summed E-state index contributed by atoms with van der Waals surface area (Å²) >= 11 is 0. The molecule has 0 atom stereocenters. The van der Waals surface area contributed by atoms with E-state index < -0.39 is 0 Å². The lowest BCUT2D eigenvalue weighted by Crippen LogP contribution is -2.47. The average molecular weight is 613 g/mol. The third kappa shape index (κ3) is 8.39. The molecule has 1 fully saturated rings. The van der Waals surface area contributed by atoms with Crippen LogP contribution in [-0.4, -0.2) is 70.3 Å². The predicted octanol–water partition coefficient (Wildman–Crippen LogP) is 5.84. The monoisotopic (exact) mass is 612 g/mol. The number of hydrogen-bond donors (Lipinski definition) is 0. The molecule has 1 amide bonds. The van der Waals surface area contributed by atoms with Gasteiger partial charge in [0.1, 0.15) is 37.1 Å². The van der Waals surface area contributed by atoms with E-state index in [1.54, 1.807) is 33.5 Å². The first-order valence-electron chi connectivity index (χ1n) is 14.9. The third-order valence-corrected chi connectivity index (χ3v) is 7.71. The van der Waals surface area contributed by atoms with Crippen LogP contribution in [0.15, 0.2) is 84.9 Å². The van der Waals surface area contributed by atoms with Gasteiger partial charge in [0.25, 0.3) is 5.91 Å². The van der Waals surface area contributed by atoms with Crippen molar-refractivity contribution in [3.8, 4) is 34.5 Å². The smallest absolute Gasteiger partial charge is 0.254 e. The van der Waals surface area contributed by atoms with Gasteiger partial charge in [-0.05, 0) is 72.3 Å². The number of methoxy groups -OCH3 is 3. The Morgan fingerprint density at radius 2 is 0.956 bits per heavy atom. The molecule has 4 aromatic carbocycles. The number of carbonyl (C=O) groups is 1. The van der Waals surface area contributed by atoms with Gasteiger partial charge in [0.15, 0.2) is 11.5 Å². The van der Waals surface area contributed by atoms with Gasteiger partial charge in [0.05, 0.1) is 21.3 Å². The van der Waals surface area contributed by atoms with Crippen molar-refractivity contribution in [3.63, 3.8) is 0 Å². The maximum Gasteiger partial charge on any atom is 0.254 e. The van der Waals surface area contributed by atoms with Crippen LogP contribution in [0.5, 0.6) is 34.5 Å². The van der Waals surface area contributed by atoms with Crippen molar-refractivity contribution in [1.82, 2.24) is 9.80 Å². The summed E-state index contributed by atoms with van der Waals surface area (Å²) in [5, 5.41) is 0. The molecule has 1 saturated heterocycles. The van der Waals surface area contributed by atoms with Gasteiger partial charge >= 0.3 is 0 Å². The van der Waals surface area contributed by atoms with Crippen LogP contribution >= 0.6 is 0 Å². The number of likely N-dealkylation sites (N-methyl/N-ethyl adjacent to an activating group) is 1. The second kappa shape index (κ2) is 15.2. The van der Waals surface area contributed by atoms with E-state index in [9.17, 15) is 4.79 Å². The lowest BCUT2D eigenvalue weighted by Gasteiger charge is -2.32. The first-order chi connectivity index (χ1) is 21.9. The molecule has 236 valence electrons. The maximum absolute atomic E-state index is 13.8. The first kappa shape index (κ1) is 31.5. The van der Waals surface area contributed by atoms with E-state index in [1.165, 1.54) is 0 Å². The summed E-state index contributed by atoms with van der Waals surface area (Å²) in [6, 6.07) is 26.5. The van der Waals surface area contributed by atoms with Gasteiger partial charge in [-0.3, -0.25) is 4.79 Å². The Morgan fingerprint density at radius 1 is 0.578 bits per heavy atom. The summed E-state index contributed by atoms with van der Waals surface area (Å²) in [5.41, 5.74) is 3.29. The Balaban J connectivity index is 1.48. The largest absolute Gasteiger partial charge is 0.497 e. The van der Waals surface area contributed by atoms with Crippen LogP contribution in [0.2, 0.25) is 0 Å². The molecule has 0 bridgehead atoms. The second-order valence-electron chi connectivity index (χ2n) is 10.8. The Labute approximate surface area is 264 Å². The van der Waals surface area contributed by atoms with E-state index in [0.717, 1.165) is 47.0 Å². The summed E-state index contributed by atoms with van der Waals surface area (Å²) < 4.78 is 35.1. The third-order valence-electron chi connectivity index (χ3n) is 7.71. The van der Waals surface area contributed by atoms with Crippen molar-refractivity contribution in [2.24, 2.45) is 0 Å². The SMILES string of the molecule is COc1ccc(COc2cc(C(=O)N3CCN(C)CC3)cc(OCc3ccc(OC)cc3)c2OCc2ccc(OC)cc2)cc1. The molecule has 0 unspecified atom stereocenters. The lowest BCUT2D eigenvalue weighted by atomic mass is 10.1. The minimum atomic E-state index is -0.0756. The van der Waals surface area contributed by atoms with Crippen molar-refractivity contribution >= 4 is 5.91 Å². The van der Waals surface area contributed by atoms with Crippen LogP contribution in [0.25, 0.3) is 0 Å². The maximum atomic E-state index is 13.8. The van der Waals surface area contributed by atoms with Gasteiger partial charge < -0.3 is 38.2 Å². The molecule has 9 heteroatoms. The normalized spacial score (nSPS) is 13.2. The number of piperazine rings is 1. The van der Waals surface area contributed by atoms with Crippen LogP contribution < -0.4 is 28.4 Å². The molecule has 4 aromatic rings. The van der Waals surface area contributed by atoms with Crippen molar-refractivity contribution < 1.29 is 33.2 Å². The lowest BCUT2D eigenvalue weighted by molar-refractivity contribution is 0.0663. The Morgan fingerprint density at radius 3 is 1.33 bits per heavy atom. The van der Waals surface area contributed by atoms with Crippen LogP contribution in [0.1, 0.15) is 27.0 Å². The fraction of sp³-hybridized carbons (Fsp3) is 0.306. The Hall–Kier alpha value is -4.89. The number of hydrogen-bond acceptors (Lipinski definition) is 8. The highest BCUT2D eigenvalue weighted by Gasteiger charge is 2.25. The Bertz CT molecular complexity index is 1460. The van der Waals surface area contributed by atoms with Crippen molar-refractivity contribution in [3.05, 3.63) is 107 Å². The molecule has 0 aromatic heterocycles. The minimum absolute atomic E-state index is 0.0756. The molecule has 0 saturated carbocycles. The summed E-state index contributed by atoms with van der Waals surface area (Å²) in [7, 11) is 6.96. The molecule has 0 aliphatic carbocycles. The van der Waals surface area contributed by atoms with Crippen molar-refractivity contribution in [2.75, 3.05) is 54.6 Å². The van der Waals surface area contributed by atoms with E-state index in [-0.39, 0.29) is 25.7 Å². The summed E-state index contributed by atoms with van der Waals surface area (Å²) in [5.74, 6) is 3.47. The molecule has 9 nitrogen and oxygen atoms in total. The van der Waals surface area contributed by atoms with E-state index in [2.05, 4.69) is 11.9 Å². The zero-order valence-electron chi connectivity index (χ0n) is 26.3. The fourth-order valence-corrected chi connectivity index (χ4v) is 4.89. The predicted molar refractivity (Wildman–Crippen MR) is 172 cm³/mol. The first-order valence-corrected chi connectivity index (χ1v) is 14.9. The molecule has 1 aliphatic rings. The number of ether oxygens (including phenoxy) is 6. The molecule has 1 aliphatic heterocycles. The highest BCUT2D eigenvalue weighted by Crippen LogP contribution is 2.41. The van der Waals surface area contributed by atoms with Crippen LogP contribution in [0.4, 0.5) is 0 Å². The van der Waals surface area contributed by atoms with E-state index in [1.807, 2.05) is 77.7 Å². The quantitative estimate of drug-likeness (QED) is 0.187. The molecular weight excluding hydrogens is 572 g/mol. The van der Waals surface area contributed by atoms with E-state index in [4.69, 9.17) is 28.4 Å². The molecule has 5 rings (SSSR count). The van der Waals surface area contributed by atoms with Crippen LogP contribution in [0.3, 0.4) is 0 Å². The summed E-state index contributed by atoms with van der Waals surface area (Å²) in [6.07, 6.45) is 0. The van der Waals surface area contributed by atoms with E-state index >= 15 is 0 Å². The average Bonchev–Trinajstić information content (AvgIpc) is 3.09. The summed E-state index contributed by atoms with van der Waals surface area (Å²) in [6.45, 7) is 3.70. The number of carbonyl (C=O) groups excluding carboxylic acids is 1. The van der Waals surface area contributed by atoms with Gasteiger partial charge in [0.2, 0.25) is 5.75 Å². The second-order valence-corrected chi connectivity index (χ2v) is 10.8. The fourth-order valence-electron chi connectivity index (χ4n) is 4.89. The minimum Gasteiger partial charge on any atom is -0.497 e. The molecular formula is C36H40N2O7. The summed E-state index contributed by atoms with van der Waals surface area (Å²) in [4.78, 5) is 17.9. The standard InChI is InChI=1S/C36H40N2O7/c1-37-17-19-38(20-18-37)36(39)29-21-33(43-23-26-5-11-30(40-2)12-6-26)35(45-25-28-9-15-32(42-4)16-10-28)34(22-29)44-24-27-7-13-31(41-3)14-8-27/h5-16,21-22H,17-20,23-25H2,1-4H3. The zero-order chi connectivity index (χ0) is 31.6. The van der Waals surface area contributed by atoms with Crippen molar-refractivity contribution in [2.45, 2.75) is 19.8 Å². The molecule has 0 spiro atoms. The highest BCUT2D eigenvalue weighted by atomic mass is 16.5. The van der Waals surface area contributed by atoms with Crippen molar-refractivity contribution in [1.29, 1.82) is 0 Å². The van der Waals surface area contributed by atoms with Gasteiger partial charge in [-0.15, -0.1) is 0 Å². The molecule has 45 heavy (non-hydrogen) atoms. The van der Waals surface area contributed by atoms with Crippen LogP contribution in [-0.2, 0) is 19.8 Å². The topological polar surface area (TPSA) is 78.9 Å². The highest BCUT2D eigenvalue weighted by molar-refractivity contribution is 5.95. The molecule has 0 N–H and O–H groups in total. The van der Waals surface area contributed by atoms with Gasteiger partial charge in [-0.2, -0.15) is 0 Å². The van der Waals surface area contributed by atoms with Gasteiger partial charge in [-0.25, -0.2) is 0 Å². The number of benzene rings is 4. The number of nitrogens with zero attached hydrogens (tertiary/aromatic N) is 2.